The van der Waals surface area contributed by atoms with E-state index in [2.05, 4.69) is 5.32 Å². The summed E-state index contributed by atoms with van der Waals surface area (Å²) in [5.74, 6) is -1.15. The second-order valence-electron chi connectivity index (χ2n) is 3.08. The van der Waals surface area contributed by atoms with Gasteiger partial charge in [0.2, 0.25) is 0 Å². The fraction of sp³-hybridized carbons (Fsp3) is 0.875. The van der Waals surface area contributed by atoms with E-state index < -0.39 is 5.97 Å². The molecule has 0 aromatic heterocycles. The van der Waals surface area contributed by atoms with Crippen molar-refractivity contribution >= 4 is 5.97 Å². The predicted octanol–water partition coefficient (Wildman–Crippen LogP) is 0.0676. The van der Waals surface area contributed by atoms with Gasteiger partial charge in [0.05, 0.1) is 12.0 Å². The largest absolute Gasteiger partial charge is 0.481 e. The predicted molar refractivity (Wildman–Crippen MR) is 46.0 cm³/mol. The van der Waals surface area contributed by atoms with E-state index in [1.165, 1.54) is 0 Å². The molecule has 0 spiro atoms. The number of aliphatic hydroxyl groups is 1. The number of carbonyl (C=O) groups is 1. The van der Waals surface area contributed by atoms with E-state index in [1.807, 2.05) is 0 Å². The Kier molecular flexibility index (Phi) is 5.66. The normalized spacial score (nSPS) is 15.6. The summed E-state index contributed by atoms with van der Waals surface area (Å²) in [6.07, 6.45) is 0.337. The van der Waals surface area contributed by atoms with Crippen molar-refractivity contribution in [2.45, 2.75) is 26.4 Å². The molecule has 0 saturated heterocycles. The topological polar surface area (TPSA) is 69.6 Å². The van der Waals surface area contributed by atoms with Gasteiger partial charge in [-0.1, -0.05) is 6.92 Å². The number of aliphatic hydroxyl groups excluding tert-OH is 1. The van der Waals surface area contributed by atoms with Gasteiger partial charge in [-0.3, -0.25) is 4.79 Å². The summed E-state index contributed by atoms with van der Waals surface area (Å²) in [6, 6.07) is 0. The molecule has 4 heteroatoms. The summed E-state index contributed by atoms with van der Waals surface area (Å²) in [5, 5.41) is 20.3. The molecule has 3 N–H and O–H groups in total. The maximum atomic E-state index is 10.3. The Hall–Kier alpha value is -0.610. The van der Waals surface area contributed by atoms with Crippen LogP contribution in [-0.4, -0.2) is 35.4 Å². The highest BCUT2D eigenvalue weighted by atomic mass is 16.4. The van der Waals surface area contributed by atoms with Crippen molar-refractivity contribution in [3.8, 4) is 0 Å². The molecule has 0 aromatic rings. The summed E-state index contributed by atoms with van der Waals surface area (Å²) >= 11 is 0. The highest BCUT2D eigenvalue weighted by molar-refractivity contribution is 5.69. The highest BCUT2D eigenvalue weighted by Gasteiger charge is 2.09. The molecule has 0 aliphatic heterocycles. The Morgan fingerprint density at radius 1 is 1.50 bits per heavy atom. The third kappa shape index (κ3) is 6.12. The molecule has 0 saturated carbocycles. The van der Waals surface area contributed by atoms with Crippen molar-refractivity contribution in [3.63, 3.8) is 0 Å². The van der Waals surface area contributed by atoms with E-state index in [0.717, 1.165) is 0 Å². The maximum absolute atomic E-state index is 10.3. The summed E-state index contributed by atoms with van der Waals surface area (Å²) in [6.45, 7) is 4.48. The Balaban J connectivity index is 3.25. The molecule has 0 heterocycles. The van der Waals surface area contributed by atoms with E-state index >= 15 is 0 Å². The molecular weight excluding hydrogens is 158 g/mol. The summed E-state index contributed by atoms with van der Waals surface area (Å²) in [5.41, 5.74) is 0. The number of hydrogen-bond acceptors (Lipinski definition) is 3. The van der Waals surface area contributed by atoms with Gasteiger partial charge < -0.3 is 15.5 Å². The molecule has 0 aliphatic carbocycles. The van der Waals surface area contributed by atoms with Crippen molar-refractivity contribution in [2.75, 3.05) is 13.1 Å². The third-order valence-electron chi connectivity index (χ3n) is 1.61. The number of carboxylic acids is 1. The van der Waals surface area contributed by atoms with Crippen LogP contribution in [0.2, 0.25) is 0 Å². The van der Waals surface area contributed by atoms with Crippen molar-refractivity contribution in [1.82, 2.24) is 5.32 Å². The van der Waals surface area contributed by atoms with Crippen LogP contribution in [0.4, 0.5) is 0 Å². The summed E-state index contributed by atoms with van der Waals surface area (Å²) < 4.78 is 0. The molecular formula is C8H17NO3. The minimum absolute atomic E-state index is 0.322. The molecule has 4 nitrogen and oxygen atoms in total. The standard InChI is InChI=1S/C8H17NO3/c1-6(8(11)12)5-9-4-3-7(2)10/h6-7,9-10H,3-5H2,1-2H3,(H,11,12). The zero-order valence-corrected chi connectivity index (χ0v) is 7.58. The number of aliphatic carboxylic acids is 1. The smallest absolute Gasteiger partial charge is 0.307 e. The highest BCUT2D eigenvalue weighted by Crippen LogP contribution is 1.92. The Labute approximate surface area is 72.6 Å². The van der Waals surface area contributed by atoms with Crippen LogP contribution < -0.4 is 5.32 Å². The van der Waals surface area contributed by atoms with Gasteiger partial charge in [0, 0.05) is 6.54 Å². The zero-order valence-electron chi connectivity index (χ0n) is 7.58. The number of hydrogen-bond donors (Lipinski definition) is 3. The lowest BCUT2D eigenvalue weighted by Gasteiger charge is -2.08. The van der Waals surface area contributed by atoms with E-state index in [1.54, 1.807) is 13.8 Å². The van der Waals surface area contributed by atoms with Crippen molar-refractivity contribution < 1.29 is 15.0 Å². The van der Waals surface area contributed by atoms with Gasteiger partial charge in [0.15, 0.2) is 0 Å². The second-order valence-corrected chi connectivity index (χ2v) is 3.08. The lowest BCUT2D eigenvalue weighted by atomic mass is 10.2. The van der Waals surface area contributed by atoms with Gasteiger partial charge in [-0.25, -0.2) is 0 Å². The number of carboxylic acid groups (broad SMARTS) is 1. The molecule has 0 aliphatic rings. The molecule has 2 atom stereocenters. The third-order valence-corrected chi connectivity index (χ3v) is 1.61. The van der Waals surface area contributed by atoms with E-state index in [0.29, 0.717) is 19.5 Å². The van der Waals surface area contributed by atoms with Crippen LogP contribution in [0.1, 0.15) is 20.3 Å². The molecule has 0 bridgehead atoms. The molecule has 72 valence electrons. The minimum Gasteiger partial charge on any atom is -0.481 e. The van der Waals surface area contributed by atoms with Crippen molar-refractivity contribution in [1.29, 1.82) is 0 Å². The van der Waals surface area contributed by atoms with Crippen LogP contribution in [-0.2, 0) is 4.79 Å². The summed E-state index contributed by atoms with van der Waals surface area (Å²) in [7, 11) is 0. The Bertz CT molecular complexity index is 136. The first-order valence-corrected chi connectivity index (χ1v) is 4.15. The van der Waals surface area contributed by atoms with E-state index in [9.17, 15) is 4.79 Å². The maximum Gasteiger partial charge on any atom is 0.307 e. The fourth-order valence-electron chi connectivity index (χ4n) is 0.717. The van der Waals surface area contributed by atoms with E-state index in [4.69, 9.17) is 10.2 Å². The SMILES string of the molecule is CC(O)CCNCC(C)C(=O)O. The van der Waals surface area contributed by atoms with Crippen LogP contribution >= 0.6 is 0 Å². The molecule has 0 amide bonds. The zero-order chi connectivity index (χ0) is 9.56. The molecule has 0 aromatic carbocycles. The van der Waals surface area contributed by atoms with Crippen LogP contribution in [0.5, 0.6) is 0 Å². The first-order chi connectivity index (χ1) is 5.54. The van der Waals surface area contributed by atoms with Gasteiger partial charge in [-0.15, -0.1) is 0 Å². The monoisotopic (exact) mass is 175 g/mol. The first-order valence-electron chi connectivity index (χ1n) is 4.15. The van der Waals surface area contributed by atoms with E-state index in [-0.39, 0.29) is 12.0 Å². The van der Waals surface area contributed by atoms with Gasteiger partial charge in [-0.05, 0) is 19.9 Å². The molecule has 12 heavy (non-hydrogen) atoms. The summed E-state index contributed by atoms with van der Waals surface area (Å²) in [4.78, 5) is 10.3. The Morgan fingerprint density at radius 3 is 2.50 bits per heavy atom. The lowest BCUT2D eigenvalue weighted by Crippen LogP contribution is -2.28. The molecule has 0 fully saturated rings. The fourth-order valence-corrected chi connectivity index (χ4v) is 0.717. The van der Waals surface area contributed by atoms with Crippen LogP contribution in [0.25, 0.3) is 0 Å². The number of nitrogens with one attached hydrogen (secondary N) is 1. The molecule has 2 unspecified atom stereocenters. The molecule has 0 rings (SSSR count). The molecule has 0 radical (unpaired) electrons. The van der Waals surface area contributed by atoms with Crippen LogP contribution in [0.3, 0.4) is 0 Å². The van der Waals surface area contributed by atoms with Gasteiger partial charge in [0.25, 0.3) is 0 Å². The van der Waals surface area contributed by atoms with Crippen molar-refractivity contribution in [2.24, 2.45) is 5.92 Å². The van der Waals surface area contributed by atoms with Crippen LogP contribution in [0.15, 0.2) is 0 Å². The van der Waals surface area contributed by atoms with Gasteiger partial charge in [0.1, 0.15) is 0 Å². The van der Waals surface area contributed by atoms with Gasteiger partial charge in [-0.2, -0.15) is 0 Å². The average molecular weight is 175 g/mol. The quantitative estimate of drug-likeness (QED) is 0.499. The Morgan fingerprint density at radius 2 is 2.08 bits per heavy atom. The first kappa shape index (κ1) is 11.4. The lowest BCUT2D eigenvalue weighted by molar-refractivity contribution is -0.140. The van der Waals surface area contributed by atoms with Crippen molar-refractivity contribution in [3.05, 3.63) is 0 Å². The number of rotatable bonds is 6. The minimum atomic E-state index is -0.792. The van der Waals surface area contributed by atoms with Crippen LogP contribution in [0, 0.1) is 5.92 Å². The second kappa shape index (κ2) is 5.97. The van der Waals surface area contributed by atoms with Gasteiger partial charge >= 0.3 is 5.97 Å². The average Bonchev–Trinajstić information content (AvgIpc) is 1.97.